The number of rotatable bonds is 2. The Kier molecular flexibility index (Phi) is 2.99. The lowest BCUT2D eigenvalue weighted by atomic mass is 9.84. The van der Waals surface area contributed by atoms with Gasteiger partial charge in [0.2, 0.25) is 5.91 Å². The third-order valence-corrected chi connectivity index (χ3v) is 4.26. The van der Waals surface area contributed by atoms with E-state index in [-0.39, 0.29) is 11.9 Å². The number of thiazole rings is 1. The third-order valence-electron chi connectivity index (χ3n) is 3.39. The van der Waals surface area contributed by atoms with Gasteiger partial charge in [0, 0.05) is 11.4 Å². The van der Waals surface area contributed by atoms with Crippen LogP contribution < -0.4 is 11.1 Å². The molecule has 1 fully saturated rings. The standard InChI is InChI=1S/C11H17N3OS/c1-7-6-16-10(13-7)14-9(15)11(2)5-3-4-8(11)12/h6,8H,3-5,12H2,1-2H3,(H,13,14,15). The zero-order valence-electron chi connectivity index (χ0n) is 9.62. The number of nitrogens with two attached hydrogens (primary N) is 1. The zero-order chi connectivity index (χ0) is 11.8. The molecular weight excluding hydrogens is 222 g/mol. The molecule has 2 atom stereocenters. The number of anilines is 1. The molecule has 0 aliphatic heterocycles. The first-order valence-corrected chi connectivity index (χ1v) is 6.39. The second kappa shape index (κ2) is 4.14. The number of aromatic nitrogens is 1. The van der Waals surface area contributed by atoms with Gasteiger partial charge in [0.15, 0.2) is 5.13 Å². The van der Waals surface area contributed by atoms with Gasteiger partial charge < -0.3 is 11.1 Å². The van der Waals surface area contributed by atoms with E-state index in [0.717, 1.165) is 25.0 Å². The smallest absolute Gasteiger partial charge is 0.233 e. The van der Waals surface area contributed by atoms with Crippen molar-refractivity contribution in [3.8, 4) is 0 Å². The van der Waals surface area contributed by atoms with E-state index in [1.807, 2.05) is 19.2 Å². The molecule has 2 unspecified atom stereocenters. The first-order chi connectivity index (χ1) is 7.52. The van der Waals surface area contributed by atoms with E-state index in [1.54, 1.807) is 0 Å². The van der Waals surface area contributed by atoms with Gasteiger partial charge in [-0.1, -0.05) is 6.42 Å². The maximum Gasteiger partial charge on any atom is 0.233 e. The van der Waals surface area contributed by atoms with Crippen LogP contribution in [0.3, 0.4) is 0 Å². The highest BCUT2D eigenvalue weighted by atomic mass is 32.1. The van der Waals surface area contributed by atoms with Crippen molar-refractivity contribution in [1.82, 2.24) is 4.98 Å². The zero-order valence-corrected chi connectivity index (χ0v) is 10.4. The van der Waals surface area contributed by atoms with Gasteiger partial charge in [-0.2, -0.15) is 0 Å². The van der Waals surface area contributed by atoms with Crippen molar-refractivity contribution in [3.05, 3.63) is 11.1 Å². The van der Waals surface area contributed by atoms with E-state index in [4.69, 9.17) is 5.73 Å². The lowest BCUT2D eigenvalue weighted by Crippen LogP contribution is -2.44. The SMILES string of the molecule is Cc1csc(NC(=O)C2(C)CCCC2N)n1. The van der Waals surface area contributed by atoms with Crippen LogP contribution in [0.25, 0.3) is 0 Å². The molecule has 4 nitrogen and oxygen atoms in total. The van der Waals surface area contributed by atoms with Crippen molar-refractivity contribution in [2.24, 2.45) is 11.1 Å². The molecule has 0 saturated heterocycles. The maximum absolute atomic E-state index is 12.1. The van der Waals surface area contributed by atoms with Gasteiger partial charge in [-0.25, -0.2) is 4.98 Å². The van der Waals surface area contributed by atoms with Crippen LogP contribution in [0, 0.1) is 12.3 Å². The van der Waals surface area contributed by atoms with Crippen LogP contribution in [0.4, 0.5) is 5.13 Å². The lowest BCUT2D eigenvalue weighted by Gasteiger charge is -2.26. The Morgan fingerprint density at radius 2 is 2.50 bits per heavy atom. The molecule has 1 amide bonds. The Labute approximate surface area is 99.3 Å². The summed E-state index contributed by atoms with van der Waals surface area (Å²) in [7, 11) is 0. The van der Waals surface area contributed by atoms with Gasteiger partial charge in [-0.05, 0) is 26.7 Å². The molecular formula is C11H17N3OS. The topological polar surface area (TPSA) is 68.0 Å². The average molecular weight is 239 g/mol. The predicted octanol–water partition coefficient (Wildman–Crippen LogP) is 1.91. The number of carbonyl (C=O) groups excluding carboxylic acids is 1. The molecule has 2 rings (SSSR count). The maximum atomic E-state index is 12.1. The van der Waals surface area contributed by atoms with Gasteiger partial charge in [-0.3, -0.25) is 4.79 Å². The summed E-state index contributed by atoms with van der Waals surface area (Å²) in [6.07, 6.45) is 2.83. The predicted molar refractivity (Wildman–Crippen MR) is 65.4 cm³/mol. The Morgan fingerprint density at radius 1 is 1.75 bits per heavy atom. The summed E-state index contributed by atoms with van der Waals surface area (Å²) in [5, 5.41) is 5.46. The first kappa shape index (κ1) is 11.5. The number of hydrogen-bond donors (Lipinski definition) is 2. The molecule has 3 N–H and O–H groups in total. The summed E-state index contributed by atoms with van der Waals surface area (Å²) in [6.45, 7) is 3.86. The average Bonchev–Trinajstić information content (AvgIpc) is 2.76. The van der Waals surface area contributed by atoms with Crippen molar-refractivity contribution in [2.75, 3.05) is 5.32 Å². The van der Waals surface area contributed by atoms with E-state index in [9.17, 15) is 4.79 Å². The van der Waals surface area contributed by atoms with Gasteiger partial charge in [0.1, 0.15) is 0 Å². The van der Waals surface area contributed by atoms with Crippen LogP contribution in [-0.4, -0.2) is 16.9 Å². The van der Waals surface area contributed by atoms with Crippen LogP contribution >= 0.6 is 11.3 Å². The van der Waals surface area contributed by atoms with Crippen molar-refractivity contribution in [2.45, 2.75) is 39.2 Å². The fourth-order valence-electron chi connectivity index (χ4n) is 2.13. The molecule has 5 heteroatoms. The van der Waals surface area contributed by atoms with E-state index in [0.29, 0.717) is 5.13 Å². The molecule has 0 aromatic carbocycles. The Balaban J connectivity index is 2.08. The molecule has 1 saturated carbocycles. The minimum Gasteiger partial charge on any atom is -0.327 e. The van der Waals surface area contributed by atoms with Crippen LogP contribution in [-0.2, 0) is 4.79 Å². The van der Waals surface area contributed by atoms with E-state index in [1.165, 1.54) is 11.3 Å². The highest BCUT2D eigenvalue weighted by Crippen LogP contribution is 2.37. The molecule has 0 radical (unpaired) electrons. The minimum absolute atomic E-state index is 0.00634. The number of nitrogens with zero attached hydrogens (tertiary/aromatic N) is 1. The fraction of sp³-hybridized carbons (Fsp3) is 0.636. The largest absolute Gasteiger partial charge is 0.327 e. The number of hydrogen-bond acceptors (Lipinski definition) is 4. The van der Waals surface area contributed by atoms with Gasteiger partial charge in [0.05, 0.1) is 11.1 Å². The molecule has 1 aliphatic carbocycles. The fourth-order valence-corrected chi connectivity index (χ4v) is 2.81. The Hall–Kier alpha value is -0.940. The number of carbonyl (C=O) groups is 1. The lowest BCUT2D eigenvalue weighted by molar-refractivity contribution is -0.125. The highest BCUT2D eigenvalue weighted by molar-refractivity contribution is 7.13. The molecule has 1 heterocycles. The Morgan fingerprint density at radius 3 is 3.00 bits per heavy atom. The van der Waals surface area contributed by atoms with Gasteiger partial charge in [0.25, 0.3) is 0 Å². The van der Waals surface area contributed by atoms with Crippen molar-refractivity contribution < 1.29 is 4.79 Å². The second-order valence-corrected chi connectivity index (χ2v) is 5.52. The summed E-state index contributed by atoms with van der Waals surface area (Å²) in [4.78, 5) is 16.4. The van der Waals surface area contributed by atoms with Crippen molar-refractivity contribution in [3.63, 3.8) is 0 Å². The minimum atomic E-state index is -0.431. The number of aryl methyl sites for hydroxylation is 1. The summed E-state index contributed by atoms with van der Waals surface area (Å²) < 4.78 is 0. The molecule has 1 aliphatic rings. The van der Waals surface area contributed by atoms with Gasteiger partial charge in [-0.15, -0.1) is 11.3 Å². The molecule has 88 valence electrons. The molecule has 1 aromatic heterocycles. The molecule has 16 heavy (non-hydrogen) atoms. The van der Waals surface area contributed by atoms with Gasteiger partial charge >= 0.3 is 0 Å². The first-order valence-electron chi connectivity index (χ1n) is 5.51. The Bertz CT molecular complexity index is 404. The van der Waals surface area contributed by atoms with Crippen LogP contribution in [0.5, 0.6) is 0 Å². The van der Waals surface area contributed by atoms with Crippen LogP contribution in [0.2, 0.25) is 0 Å². The van der Waals surface area contributed by atoms with E-state index in [2.05, 4.69) is 10.3 Å². The summed E-state index contributed by atoms with van der Waals surface area (Å²) in [6, 6.07) is -0.0337. The highest BCUT2D eigenvalue weighted by Gasteiger charge is 2.43. The molecule has 0 bridgehead atoms. The number of amides is 1. The normalized spacial score (nSPS) is 29.3. The van der Waals surface area contributed by atoms with Crippen LogP contribution in [0.1, 0.15) is 31.9 Å². The van der Waals surface area contributed by atoms with Crippen molar-refractivity contribution >= 4 is 22.4 Å². The third kappa shape index (κ3) is 1.97. The molecule has 0 spiro atoms. The van der Waals surface area contributed by atoms with E-state index < -0.39 is 5.41 Å². The van der Waals surface area contributed by atoms with E-state index >= 15 is 0 Å². The summed E-state index contributed by atoms with van der Waals surface area (Å²) in [5.41, 5.74) is 6.50. The summed E-state index contributed by atoms with van der Waals surface area (Å²) >= 11 is 1.45. The van der Waals surface area contributed by atoms with Crippen molar-refractivity contribution in [1.29, 1.82) is 0 Å². The quantitative estimate of drug-likeness (QED) is 0.828. The second-order valence-electron chi connectivity index (χ2n) is 4.66. The summed E-state index contributed by atoms with van der Waals surface area (Å²) in [5.74, 6) is 0.00634. The number of nitrogens with one attached hydrogen (secondary N) is 1. The monoisotopic (exact) mass is 239 g/mol. The van der Waals surface area contributed by atoms with Crippen LogP contribution in [0.15, 0.2) is 5.38 Å². The molecule has 1 aromatic rings.